The van der Waals surface area contributed by atoms with Crippen LogP contribution < -0.4 is 5.32 Å². The van der Waals surface area contributed by atoms with E-state index in [1.54, 1.807) is 21.8 Å². The predicted molar refractivity (Wildman–Crippen MR) is 113 cm³/mol. The van der Waals surface area contributed by atoms with Crippen molar-refractivity contribution < 1.29 is 23.9 Å². The van der Waals surface area contributed by atoms with E-state index in [0.717, 1.165) is 5.56 Å². The largest absolute Gasteiger partial charge is 0.469 e. The number of ether oxygens (including phenoxy) is 2. The molecule has 1 aliphatic rings. The number of hydrogen-bond donors (Lipinski definition) is 1. The number of esters is 1. The molecule has 31 heavy (non-hydrogen) atoms. The first-order valence-corrected chi connectivity index (χ1v) is 10.3. The minimum atomic E-state index is -0.723. The molecule has 1 fully saturated rings. The molecular weight excluding hydrogens is 400 g/mol. The van der Waals surface area contributed by atoms with Crippen LogP contribution >= 0.6 is 0 Å². The molecular formula is C22H28N4O5. The Labute approximate surface area is 181 Å². The van der Waals surface area contributed by atoms with Gasteiger partial charge in [0.15, 0.2) is 6.10 Å². The number of piperidine rings is 1. The fourth-order valence-electron chi connectivity index (χ4n) is 3.75. The van der Waals surface area contributed by atoms with Crippen molar-refractivity contribution in [2.45, 2.75) is 37.8 Å². The van der Waals surface area contributed by atoms with Crippen LogP contribution in [0.15, 0.2) is 42.6 Å². The Morgan fingerprint density at radius 3 is 2.45 bits per heavy atom. The molecule has 1 saturated heterocycles. The molecule has 9 heteroatoms. The molecule has 0 spiro atoms. The second-order valence-electron chi connectivity index (χ2n) is 7.36. The molecule has 1 unspecified atom stereocenters. The molecule has 0 bridgehead atoms. The van der Waals surface area contributed by atoms with Crippen LogP contribution in [-0.4, -0.2) is 59.8 Å². The van der Waals surface area contributed by atoms with Crippen LogP contribution in [0, 0.1) is 0 Å². The molecule has 0 radical (unpaired) electrons. The summed E-state index contributed by atoms with van der Waals surface area (Å²) in [5.74, 6) is -0.113. The molecule has 1 atom stereocenters. The van der Waals surface area contributed by atoms with Gasteiger partial charge in [-0.05, 0) is 18.4 Å². The number of nitrogens with one attached hydrogen (secondary N) is 1. The summed E-state index contributed by atoms with van der Waals surface area (Å²) in [5, 5.41) is 7.30. The maximum absolute atomic E-state index is 12.8. The number of carbonyl (C=O) groups is 3. The third-order valence-corrected chi connectivity index (χ3v) is 5.43. The van der Waals surface area contributed by atoms with Crippen molar-refractivity contribution in [2.24, 2.45) is 0 Å². The number of amides is 2. The van der Waals surface area contributed by atoms with Crippen molar-refractivity contribution >= 4 is 23.6 Å². The lowest BCUT2D eigenvalue weighted by Gasteiger charge is -2.33. The van der Waals surface area contributed by atoms with Crippen molar-refractivity contribution in [1.82, 2.24) is 14.7 Å². The van der Waals surface area contributed by atoms with Crippen LogP contribution in [0.2, 0.25) is 0 Å². The maximum Gasteiger partial charge on any atom is 0.306 e. The molecule has 1 aliphatic heterocycles. The highest BCUT2D eigenvalue weighted by Gasteiger charge is 2.27. The van der Waals surface area contributed by atoms with Gasteiger partial charge >= 0.3 is 5.97 Å². The quantitative estimate of drug-likeness (QED) is 0.648. The highest BCUT2D eigenvalue weighted by atomic mass is 16.5. The van der Waals surface area contributed by atoms with Gasteiger partial charge in [0.2, 0.25) is 5.91 Å². The first-order valence-electron chi connectivity index (χ1n) is 10.3. The number of carbonyl (C=O) groups excluding carboxylic acids is 3. The molecule has 0 saturated carbocycles. The van der Waals surface area contributed by atoms with Crippen molar-refractivity contribution in [3.8, 4) is 0 Å². The fraction of sp³-hybridized carbons (Fsp3) is 0.455. The Morgan fingerprint density at radius 1 is 1.10 bits per heavy atom. The number of nitrogens with zero attached hydrogens (tertiary/aromatic N) is 3. The van der Waals surface area contributed by atoms with Gasteiger partial charge in [-0.15, -0.1) is 0 Å². The van der Waals surface area contributed by atoms with Crippen LogP contribution in [-0.2, 0) is 23.9 Å². The molecule has 1 aromatic heterocycles. The smallest absolute Gasteiger partial charge is 0.306 e. The Kier molecular flexibility index (Phi) is 7.77. The topological polar surface area (TPSA) is 103 Å². The highest BCUT2D eigenvalue weighted by molar-refractivity contribution is 5.94. The number of methoxy groups -OCH3 is 2. The monoisotopic (exact) mass is 428 g/mol. The van der Waals surface area contributed by atoms with E-state index in [0.29, 0.717) is 31.7 Å². The van der Waals surface area contributed by atoms with Crippen molar-refractivity contribution in [3.05, 3.63) is 48.2 Å². The molecule has 2 heterocycles. The van der Waals surface area contributed by atoms with E-state index >= 15 is 0 Å². The zero-order valence-corrected chi connectivity index (χ0v) is 17.8. The van der Waals surface area contributed by atoms with Crippen LogP contribution in [0.3, 0.4) is 0 Å². The van der Waals surface area contributed by atoms with Gasteiger partial charge in [-0.1, -0.05) is 30.3 Å². The van der Waals surface area contributed by atoms with Gasteiger partial charge < -0.3 is 19.7 Å². The number of benzene rings is 1. The molecule has 1 aromatic carbocycles. The summed E-state index contributed by atoms with van der Waals surface area (Å²) in [5.41, 5.74) is 0.771. The molecule has 2 aromatic rings. The normalized spacial score (nSPS) is 15.4. The van der Waals surface area contributed by atoms with Gasteiger partial charge in [0.1, 0.15) is 5.82 Å². The van der Waals surface area contributed by atoms with Crippen molar-refractivity contribution in [1.29, 1.82) is 0 Å². The lowest BCUT2D eigenvalue weighted by Crippen LogP contribution is -2.39. The van der Waals surface area contributed by atoms with Gasteiger partial charge in [0.05, 0.1) is 25.8 Å². The Hall–Kier alpha value is -3.20. The molecule has 9 nitrogen and oxygen atoms in total. The first-order chi connectivity index (χ1) is 15.0. The van der Waals surface area contributed by atoms with Gasteiger partial charge in [-0.25, -0.2) is 4.68 Å². The summed E-state index contributed by atoms with van der Waals surface area (Å²) < 4.78 is 11.8. The van der Waals surface area contributed by atoms with Gasteiger partial charge in [0, 0.05) is 32.7 Å². The summed E-state index contributed by atoms with van der Waals surface area (Å²) in [6, 6.07) is 11.1. The summed E-state index contributed by atoms with van der Waals surface area (Å²) in [6.45, 7) is 1.14. The zero-order chi connectivity index (χ0) is 22.2. The molecule has 166 valence electrons. The van der Waals surface area contributed by atoms with Crippen molar-refractivity contribution in [2.75, 3.05) is 32.6 Å². The van der Waals surface area contributed by atoms with Gasteiger partial charge in [-0.2, -0.15) is 5.10 Å². The predicted octanol–water partition coefficient (Wildman–Crippen LogP) is 2.33. The SMILES string of the molecule is COC(=O)CCC(=O)N1CCC(n2nccc2NC(=O)C(OC)c2ccccc2)CC1. The number of likely N-dealkylation sites (tertiary alicyclic amines) is 1. The minimum Gasteiger partial charge on any atom is -0.469 e. The van der Waals surface area contributed by atoms with Crippen LogP contribution in [0.1, 0.15) is 43.4 Å². The number of anilines is 1. The molecule has 0 aliphatic carbocycles. The summed E-state index contributed by atoms with van der Waals surface area (Å²) >= 11 is 0. The van der Waals surface area contributed by atoms with Crippen LogP contribution in [0.5, 0.6) is 0 Å². The van der Waals surface area contributed by atoms with Crippen molar-refractivity contribution in [3.63, 3.8) is 0 Å². The maximum atomic E-state index is 12.8. The fourth-order valence-corrected chi connectivity index (χ4v) is 3.75. The van der Waals surface area contributed by atoms with E-state index in [1.807, 2.05) is 30.3 Å². The minimum absolute atomic E-state index is 0.0522. The standard InChI is InChI=1S/C22H28N4O5/c1-30-20(28)9-8-19(27)25-14-11-17(12-15-25)26-18(10-13-23-26)24-22(29)21(31-2)16-6-4-3-5-7-16/h3-7,10,13,17,21H,8-9,11-12,14-15H2,1-2H3,(H,24,29). The summed E-state index contributed by atoms with van der Waals surface area (Å²) in [6.07, 6.45) is 2.58. The van der Waals surface area contributed by atoms with E-state index in [9.17, 15) is 14.4 Å². The van der Waals surface area contributed by atoms with E-state index in [-0.39, 0.29) is 36.7 Å². The van der Waals surface area contributed by atoms with E-state index in [1.165, 1.54) is 14.2 Å². The zero-order valence-electron chi connectivity index (χ0n) is 17.8. The molecule has 2 amide bonds. The van der Waals surface area contributed by atoms with E-state index in [4.69, 9.17) is 4.74 Å². The second-order valence-corrected chi connectivity index (χ2v) is 7.36. The van der Waals surface area contributed by atoms with E-state index in [2.05, 4.69) is 15.2 Å². The molecule has 3 rings (SSSR count). The average Bonchev–Trinajstić information content (AvgIpc) is 3.26. The number of aromatic nitrogens is 2. The average molecular weight is 428 g/mol. The van der Waals surface area contributed by atoms with Crippen LogP contribution in [0.25, 0.3) is 0 Å². The Morgan fingerprint density at radius 2 is 1.81 bits per heavy atom. The van der Waals surface area contributed by atoms with Gasteiger partial charge in [0.25, 0.3) is 5.91 Å². The highest BCUT2D eigenvalue weighted by Crippen LogP contribution is 2.27. The summed E-state index contributed by atoms with van der Waals surface area (Å²) in [4.78, 5) is 38.1. The lowest BCUT2D eigenvalue weighted by molar-refractivity contribution is -0.144. The molecule has 1 N–H and O–H groups in total. The Balaban J connectivity index is 1.58. The third-order valence-electron chi connectivity index (χ3n) is 5.43. The third kappa shape index (κ3) is 5.69. The van der Waals surface area contributed by atoms with E-state index < -0.39 is 6.10 Å². The number of hydrogen-bond acceptors (Lipinski definition) is 6. The Bertz CT molecular complexity index is 890. The lowest BCUT2D eigenvalue weighted by atomic mass is 10.0. The number of rotatable bonds is 8. The van der Waals surface area contributed by atoms with Gasteiger partial charge in [-0.3, -0.25) is 14.4 Å². The second kappa shape index (κ2) is 10.7. The van der Waals surface area contributed by atoms with Crippen LogP contribution in [0.4, 0.5) is 5.82 Å². The first kappa shape index (κ1) is 22.5. The summed E-state index contributed by atoms with van der Waals surface area (Å²) in [7, 11) is 2.81.